The highest BCUT2D eigenvalue weighted by Crippen LogP contribution is 2.26. The van der Waals surface area contributed by atoms with E-state index in [2.05, 4.69) is 16.3 Å². The van der Waals surface area contributed by atoms with E-state index in [0.717, 1.165) is 23.0 Å². The van der Waals surface area contributed by atoms with Crippen LogP contribution in [0.4, 0.5) is 0 Å². The zero-order valence-corrected chi connectivity index (χ0v) is 14.8. The van der Waals surface area contributed by atoms with E-state index in [-0.39, 0.29) is 0 Å². The molecule has 0 saturated heterocycles. The van der Waals surface area contributed by atoms with Gasteiger partial charge >= 0.3 is 0 Å². The molecule has 6 nitrogen and oxygen atoms in total. The van der Waals surface area contributed by atoms with Crippen LogP contribution in [0, 0.1) is 18.3 Å². The summed E-state index contributed by atoms with van der Waals surface area (Å²) in [6, 6.07) is 17.1. The van der Waals surface area contributed by atoms with Crippen LogP contribution in [0.2, 0.25) is 0 Å². The van der Waals surface area contributed by atoms with E-state index in [1.54, 1.807) is 6.07 Å². The molecule has 3 aromatic rings. The fourth-order valence-corrected chi connectivity index (χ4v) is 2.68. The first-order valence-corrected chi connectivity index (χ1v) is 8.48. The Labute approximate surface area is 152 Å². The van der Waals surface area contributed by atoms with Crippen molar-refractivity contribution in [2.75, 3.05) is 13.2 Å². The Hall–Kier alpha value is -3.33. The van der Waals surface area contributed by atoms with Crippen LogP contribution >= 0.6 is 0 Å². The van der Waals surface area contributed by atoms with E-state index < -0.39 is 0 Å². The lowest BCUT2D eigenvalue weighted by Gasteiger charge is -2.13. The minimum atomic E-state index is 0.452. The number of hydrogen-bond donors (Lipinski definition) is 0. The van der Waals surface area contributed by atoms with Crippen molar-refractivity contribution in [2.24, 2.45) is 0 Å². The van der Waals surface area contributed by atoms with Gasteiger partial charge in [0.25, 0.3) is 0 Å². The van der Waals surface area contributed by atoms with Gasteiger partial charge in [-0.2, -0.15) is 5.26 Å². The van der Waals surface area contributed by atoms with Crippen LogP contribution in [0.3, 0.4) is 0 Å². The number of ether oxygens (including phenoxy) is 2. The second-order valence-corrected chi connectivity index (χ2v) is 5.64. The van der Waals surface area contributed by atoms with Crippen molar-refractivity contribution in [3.63, 3.8) is 0 Å². The number of nitriles is 1. The van der Waals surface area contributed by atoms with Gasteiger partial charge in [0.1, 0.15) is 12.4 Å². The molecule has 0 unspecified atom stereocenters. The van der Waals surface area contributed by atoms with Crippen LogP contribution in [0.1, 0.15) is 18.3 Å². The molecule has 26 heavy (non-hydrogen) atoms. The predicted octanol–water partition coefficient (Wildman–Crippen LogP) is 3.60. The van der Waals surface area contributed by atoms with E-state index in [0.29, 0.717) is 31.1 Å². The molecule has 2 aromatic carbocycles. The van der Waals surface area contributed by atoms with Gasteiger partial charge in [-0.25, -0.2) is 0 Å². The zero-order valence-electron chi connectivity index (χ0n) is 14.8. The normalized spacial score (nSPS) is 10.3. The highest BCUT2D eigenvalue weighted by molar-refractivity contribution is 5.58. The highest BCUT2D eigenvalue weighted by atomic mass is 16.5. The number of para-hydroxylation sites is 2. The zero-order chi connectivity index (χ0) is 18.4. The Bertz CT molecular complexity index is 928. The summed E-state index contributed by atoms with van der Waals surface area (Å²) >= 11 is 0. The highest BCUT2D eigenvalue weighted by Gasteiger charge is 2.12. The van der Waals surface area contributed by atoms with Crippen LogP contribution in [-0.2, 0) is 6.54 Å². The number of benzene rings is 2. The third-order valence-electron chi connectivity index (χ3n) is 3.91. The summed E-state index contributed by atoms with van der Waals surface area (Å²) in [4.78, 5) is 0. The summed E-state index contributed by atoms with van der Waals surface area (Å²) in [5.41, 5.74) is 1.45. The largest absolute Gasteiger partial charge is 0.490 e. The maximum atomic E-state index is 9.10. The third kappa shape index (κ3) is 3.83. The fourth-order valence-electron chi connectivity index (χ4n) is 2.68. The molecule has 0 saturated carbocycles. The number of hydrogen-bond acceptors (Lipinski definition) is 5. The monoisotopic (exact) mass is 348 g/mol. The average molecular weight is 348 g/mol. The van der Waals surface area contributed by atoms with Gasteiger partial charge in [-0.15, -0.1) is 10.2 Å². The fraction of sp³-hybridized carbons (Fsp3) is 0.250. The maximum absolute atomic E-state index is 9.10. The van der Waals surface area contributed by atoms with Crippen LogP contribution in [0.5, 0.6) is 11.5 Å². The molecule has 1 heterocycles. The Morgan fingerprint density at radius 3 is 2.54 bits per heavy atom. The first-order chi connectivity index (χ1) is 12.7. The molecule has 0 fully saturated rings. The number of aromatic nitrogens is 3. The molecule has 0 bridgehead atoms. The van der Waals surface area contributed by atoms with Gasteiger partial charge < -0.3 is 14.0 Å². The van der Waals surface area contributed by atoms with Crippen molar-refractivity contribution < 1.29 is 9.47 Å². The minimum Gasteiger partial charge on any atom is -0.490 e. The molecule has 0 radical (unpaired) electrons. The van der Waals surface area contributed by atoms with Crippen molar-refractivity contribution in [3.05, 3.63) is 59.9 Å². The smallest absolute Gasteiger partial charge is 0.164 e. The molecule has 6 heteroatoms. The lowest BCUT2D eigenvalue weighted by molar-refractivity contribution is 0.266. The second kappa shape index (κ2) is 8.17. The van der Waals surface area contributed by atoms with Gasteiger partial charge in [-0.1, -0.05) is 24.3 Å². The van der Waals surface area contributed by atoms with Crippen molar-refractivity contribution in [2.45, 2.75) is 20.4 Å². The summed E-state index contributed by atoms with van der Waals surface area (Å²) < 4.78 is 13.5. The second-order valence-electron chi connectivity index (χ2n) is 5.64. The molecule has 1 aromatic heterocycles. The van der Waals surface area contributed by atoms with E-state index in [9.17, 15) is 0 Å². The molecule has 0 atom stereocenters. The maximum Gasteiger partial charge on any atom is 0.164 e. The SMILES string of the molecule is CCOc1ccccc1OCCn1c(C)nnc1-c1cccc(C#N)c1. The first kappa shape index (κ1) is 17.5. The van der Waals surface area contributed by atoms with Crippen molar-refractivity contribution in [1.29, 1.82) is 5.26 Å². The summed E-state index contributed by atoms with van der Waals surface area (Å²) in [5, 5.41) is 17.5. The first-order valence-electron chi connectivity index (χ1n) is 8.48. The predicted molar refractivity (Wildman–Crippen MR) is 98.0 cm³/mol. The Morgan fingerprint density at radius 1 is 1.04 bits per heavy atom. The molecule has 0 amide bonds. The lowest BCUT2D eigenvalue weighted by atomic mass is 10.1. The topological polar surface area (TPSA) is 73.0 Å². The molecular weight excluding hydrogens is 328 g/mol. The van der Waals surface area contributed by atoms with Gasteiger partial charge in [0.05, 0.1) is 24.8 Å². The number of rotatable bonds is 7. The van der Waals surface area contributed by atoms with Crippen LogP contribution < -0.4 is 9.47 Å². The summed E-state index contributed by atoms with van der Waals surface area (Å²) in [6.07, 6.45) is 0. The summed E-state index contributed by atoms with van der Waals surface area (Å²) in [5.74, 6) is 2.97. The lowest BCUT2D eigenvalue weighted by Crippen LogP contribution is -2.11. The van der Waals surface area contributed by atoms with E-state index in [4.69, 9.17) is 14.7 Å². The Balaban J connectivity index is 1.75. The Morgan fingerprint density at radius 2 is 1.81 bits per heavy atom. The van der Waals surface area contributed by atoms with Crippen molar-refractivity contribution in [3.8, 4) is 29.0 Å². The summed E-state index contributed by atoms with van der Waals surface area (Å²) in [7, 11) is 0. The van der Waals surface area contributed by atoms with E-state index in [1.165, 1.54) is 0 Å². The Kier molecular flexibility index (Phi) is 5.49. The van der Waals surface area contributed by atoms with Crippen molar-refractivity contribution >= 4 is 0 Å². The average Bonchev–Trinajstić information content (AvgIpc) is 3.04. The molecule has 0 spiro atoms. The van der Waals surface area contributed by atoms with Gasteiger partial charge in [-0.05, 0) is 38.1 Å². The number of nitrogens with zero attached hydrogens (tertiary/aromatic N) is 4. The van der Waals surface area contributed by atoms with Gasteiger partial charge in [0.15, 0.2) is 17.3 Å². The van der Waals surface area contributed by atoms with Crippen LogP contribution in [-0.4, -0.2) is 28.0 Å². The van der Waals surface area contributed by atoms with Gasteiger partial charge in [0.2, 0.25) is 0 Å². The molecule has 0 N–H and O–H groups in total. The molecule has 0 aliphatic heterocycles. The molecule has 3 rings (SSSR count). The molecule has 0 aliphatic carbocycles. The molecule has 0 aliphatic rings. The van der Waals surface area contributed by atoms with Crippen molar-refractivity contribution in [1.82, 2.24) is 14.8 Å². The quantitative estimate of drug-likeness (QED) is 0.652. The molecular formula is C20H20N4O2. The van der Waals surface area contributed by atoms with Crippen LogP contribution in [0.15, 0.2) is 48.5 Å². The van der Waals surface area contributed by atoms with Crippen LogP contribution in [0.25, 0.3) is 11.4 Å². The molecule has 132 valence electrons. The van der Waals surface area contributed by atoms with E-state index >= 15 is 0 Å². The third-order valence-corrected chi connectivity index (χ3v) is 3.91. The minimum absolute atomic E-state index is 0.452. The summed E-state index contributed by atoms with van der Waals surface area (Å²) in [6.45, 7) is 5.47. The van der Waals surface area contributed by atoms with E-state index in [1.807, 2.05) is 60.9 Å². The van der Waals surface area contributed by atoms with Gasteiger partial charge in [-0.3, -0.25) is 0 Å². The van der Waals surface area contributed by atoms with Gasteiger partial charge in [0, 0.05) is 5.56 Å². The standard InChI is InChI=1S/C20H20N4O2/c1-3-25-18-9-4-5-10-19(18)26-12-11-24-15(2)22-23-20(24)17-8-6-7-16(13-17)14-21/h4-10,13H,3,11-12H2,1-2H3. The number of aryl methyl sites for hydroxylation is 1.